The van der Waals surface area contributed by atoms with E-state index in [9.17, 15) is 9.18 Å². The highest BCUT2D eigenvalue weighted by molar-refractivity contribution is 7.80. The average molecular weight is 289 g/mol. The van der Waals surface area contributed by atoms with Crippen LogP contribution in [0.4, 0.5) is 4.39 Å². The topological polar surface area (TPSA) is 46.3 Å². The molecular formula is C12H14ClFN2OS. The maximum Gasteiger partial charge on any atom is 0.256 e. The zero-order valence-corrected chi connectivity index (χ0v) is 11.7. The maximum atomic E-state index is 13.5. The van der Waals surface area contributed by atoms with E-state index < -0.39 is 11.7 Å². The Morgan fingerprint density at radius 1 is 1.61 bits per heavy atom. The number of carbonyl (C=O) groups is 1. The lowest BCUT2D eigenvalue weighted by atomic mass is 10.1. The van der Waals surface area contributed by atoms with Crippen molar-refractivity contribution in [3.8, 4) is 0 Å². The summed E-state index contributed by atoms with van der Waals surface area (Å²) in [6, 6.07) is 3.67. The minimum absolute atomic E-state index is 0.0558. The largest absolute Gasteiger partial charge is 0.393 e. The summed E-state index contributed by atoms with van der Waals surface area (Å²) in [7, 11) is 1.58. The second-order valence-corrected chi connectivity index (χ2v) is 5.02. The van der Waals surface area contributed by atoms with Crippen molar-refractivity contribution in [2.24, 2.45) is 5.73 Å². The maximum absolute atomic E-state index is 13.5. The molecule has 0 aliphatic rings. The van der Waals surface area contributed by atoms with Crippen molar-refractivity contribution in [2.75, 3.05) is 7.05 Å². The van der Waals surface area contributed by atoms with Crippen molar-refractivity contribution >= 4 is 34.7 Å². The van der Waals surface area contributed by atoms with Gasteiger partial charge in [-0.3, -0.25) is 4.79 Å². The van der Waals surface area contributed by atoms with Gasteiger partial charge in [0.1, 0.15) is 5.82 Å². The van der Waals surface area contributed by atoms with Gasteiger partial charge in [0.05, 0.1) is 10.6 Å². The molecule has 0 saturated carbocycles. The second-order valence-electron chi connectivity index (χ2n) is 4.06. The average Bonchev–Trinajstić information content (AvgIpc) is 2.29. The number of benzene rings is 1. The molecule has 3 nitrogen and oxygen atoms in total. The smallest absolute Gasteiger partial charge is 0.256 e. The highest BCUT2D eigenvalue weighted by atomic mass is 35.5. The van der Waals surface area contributed by atoms with E-state index in [-0.39, 0.29) is 11.6 Å². The van der Waals surface area contributed by atoms with Gasteiger partial charge >= 0.3 is 0 Å². The quantitative estimate of drug-likeness (QED) is 0.867. The first-order valence-corrected chi connectivity index (χ1v) is 6.12. The summed E-state index contributed by atoms with van der Waals surface area (Å²) < 4.78 is 13.5. The van der Waals surface area contributed by atoms with E-state index in [2.05, 4.69) is 0 Å². The lowest BCUT2D eigenvalue weighted by molar-refractivity contribution is 0.0743. The Balaban J connectivity index is 2.92. The van der Waals surface area contributed by atoms with Crippen LogP contribution in [0.25, 0.3) is 0 Å². The molecule has 0 fully saturated rings. The van der Waals surface area contributed by atoms with Crippen LogP contribution in [0.5, 0.6) is 0 Å². The van der Waals surface area contributed by atoms with Gasteiger partial charge in [-0.1, -0.05) is 23.8 Å². The Hall–Kier alpha value is -1.20. The molecule has 0 bridgehead atoms. The first-order chi connectivity index (χ1) is 8.32. The van der Waals surface area contributed by atoms with Crippen LogP contribution in [0.1, 0.15) is 23.7 Å². The van der Waals surface area contributed by atoms with Gasteiger partial charge in [0.25, 0.3) is 5.91 Å². The minimum Gasteiger partial charge on any atom is -0.393 e. The van der Waals surface area contributed by atoms with Crippen molar-refractivity contribution in [1.29, 1.82) is 0 Å². The van der Waals surface area contributed by atoms with Crippen molar-refractivity contribution in [2.45, 2.75) is 19.4 Å². The van der Waals surface area contributed by atoms with Gasteiger partial charge in [0, 0.05) is 24.5 Å². The number of carbonyl (C=O) groups excluding carboxylic acids is 1. The highest BCUT2D eigenvalue weighted by Gasteiger charge is 2.21. The second kappa shape index (κ2) is 6.11. The van der Waals surface area contributed by atoms with Gasteiger partial charge in [0.2, 0.25) is 0 Å². The molecular weight excluding hydrogens is 275 g/mol. The summed E-state index contributed by atoms with van der Waals surface area (Å²) >= 11 is 10.5. The van der Waals surface area contributed by atoms with E-state index in [1.807, 2.05) is 0 Å². The highest BCUT2D eigenvalue weighted by Crippen LogP contribution is 2.17. The Morgan fingerprint density at radius 3 is 2.78 bits per heavy atom. The molecule has 1 amide bonds. The van der Waals surface area contributed by atoms with Crippen LogP contribution in [-0.4, -0.2) is 28.9 Å². The van der Waals surface area contributed by atoms with Gasteiger partial charge in [-0.25, -0.2) is 4.39 Å². The first kappa shape index (κ1) is 14.9. The number of halogens is 2. The number of nitrogens with two attached hydrogens (primary N) is 1. The summed E-state index contributed by atoms with van der Waals surface area (Å²) in [6.07, 6.45) is 0.389. The molecule has 0 radical (unpaired) electrons. The van der Waals surface area contributed by atoms with E-state index in [0.717, 1.165) is 0 Å². The molecule has 98 valence electrons. The van der Waals surface area contributed by atoms with E-state index in [4.69, 9.17) is 29.6 Å². The van der Waals surface area contributed by atoms with Crippen LogP contribution in [0.15, 0.2) is 18.2 Å². The predicted octanol–water partition coefficient (Wildman–Crippen LogP) is 2.62. The molecule has 0 aromatic heterocycles. The Morgan fingerprint density at radius 2 is 2.22 bits per heavy atom. The Kier molecular flexibility index (Phi) is 5.04. The zero-order valence-electron chi connectivity index (χ0n) is 10.1. The molecule has 0 aliphatic heterocycles. The molecule has 6 heteroatoms. The molecule has 0 heterocycles. The fourth-order valence-electron chi connectivity index (χ4n) is 1.48. The molecule has 1 aromatic carbocycles. The third-order valence-corrected chi connectivity index (χ3v) is 3.04. The fraction of sp³-hybridized carbons (Fsp3) is 0.333. The lowest BCUT2D eigenvalue weighted by Crippen LogP contribution is -2.37. The molecule has 2 N–H and O–H groups in total. The monoisotopic (exact) mass is 288 g/mol. The Bertz CT molecular complexity index is 481. The standard InChI is InChI=1S/C12H14ClFN2OS/c1-7(5-11(15)18)16(2)12(17)9-6-8(13)3-4-10(9)14/h3-4,6-7H,5H2,1-2H3,(H2,15,18). The van der Waals surface area contributed by atoms with Crippen LogP contribution in [0.2, 0.25) is 5.02 Å². The van der Waals surface area contributed by atoms with Crippen LogP contribution < -0.4 is 5.73 Å². The number of nitrogens with zero attached hydrogens (tertiary/aromatic N) is 1. The zero-order chi connectivity index (χ0) is 13.9. The number of thiocarbonyl (C=S) groups is 1. The van der Waals surface area contributed by atoms with E-state index in [1.54, 1.807) is 14.0 Å². The van der Waals surface area contributed by atoms with E-state index in [1.165, 1.54) is 23.1 Å². The summed E-state index contributed by atoms with van der Waals surface area (Å²) in [5.74, 6) is -1.04. The molecule has 0 saturated heterocycles. The molecule has 1 atom stereocenters. The normalized spacial score (nSPS) is 12.0. The van der Waals surface area contributed by atoms with Gasteiger partial charge in [-0.15, -0.1) is 0 Å². The SMILES string of the molecule is CC(CC(N)=S)N(C)C(=O)c1cc(Cl)ccc1F. The molecule has 0 spiro atoms. The summed E-state index contributed by atoms with van der Waals surface area (Å²) in [5, 5.41) is 0.315. The van der Waals surface area contributed by atoms with Crippen molar-refractivity contribution < 1.29 is 9.18 Å². The van der Waals surface area contributed by atoms with Gasteiger partial charge in [-0.05, 0) is 25.1 Å². The third-order valence-electron chi connectivity index (χ3n) is 2.64. The van der Waals surface area contributed by atoms with Crippen molar-refractivity contribution in [1.82, 2.24) is 4.90 Å². The van der Waals surface area contributed by atoms with Gasteiger partial charge in [-0.2, -0.15) is 0 Å². The van der Waals surface area contributed by atoms with E-state index >= 15 is 0 Å². The number of amides is 1. The predicted molar refractivity (Wildman–Crippen MR) is 74.4 cm³/mol. The number of hydrogen-bond acceptors (Lipinski definition) is 2. The number of hydrogen-bond donors (Lipinski definition) is 1. The van der Waals surface area contributed by atoms with Gasteiger partial charge in [0.15, 0.2) is 0 Å². The van der Waals surface area contributed by atoms with Crippen molar-refractivity contribution in [3.05, 3.63) is 34.6 Å². The summed E-state index contributed by atoms with van der Waals surface area (Å²) in [4.78, 5) is 13.8. The van der Waals surface area contributed by atoms with Crippen LogP contribution in [-0.2, 0) is 0 Å². The lowest BCUT2D eigenvalue weighted by Gasteiger charge is -2.24. The minimum atomic E-state index is -0.598. The molecule has 0 aliphatic carbocycles. The molecule has 1 aromatic rings. The van der Waals surface area contributed by atoms with Crippen LogP contribution >= 0.6 is 23.8 Å². The molecule has 1 unspecified atom stereocenters. The summed E-state index contributed by atoms with van der Waals surface area (Å²) in [6.45, 7) is 1.79. The Labute approximate surface area is 116 Å². The fourth-order valence-corrected chi connectivity index (χ4v) is 1.89. The van der Waals surface area contributed by atoms with Crippen LogP contribution in [0, 0.1) is 5.82 Å². The summed E-state index contributed by atoms with van der Waals surface area (Å²) in [5.41, 5.74) is 5.37. The number of rotatable bonds is 4. The van der Waals surface area contributed by atoms with E-state index in [0.29, 0.717) is 16.4 Å². The third kappa shape index (κ3) is 3.65. The first-order valence-electron chi connectivity index (χ1n) is 5.33. The molecule has 1 rings (SSSR count). The van der Waals surface area contributed by atoms with Gasteiger partial charge < -0.3 is 10.6 Å². The molecule has 18 heavy (non-hydrogen) atoms. The van der Waals surface area contributed by atoms with Crippen molar-refractivity contribution in [3.63, 3.8) is 0 Å². The van der Waals surface area contributed by atoms with Crippen LogP contribution in [0.3, 0.4) is 0 Å².